The average Bonchev–Trinajstić information content (AvgIpc) is 3.06. The minimum atomic E-state index is -0.0374. The first-order chi connectivity index (χ1) is 14.1. The van der Waals surface area contributed by atoms with E-state index in [1.807, 2.05) is 28.8 Å². The Kier molecular flexibility index (Phi) is 5.08. The predicted molar refractivity (Wildman–Crippen MR) is 112 cm³/mol. The number of piperidine rings is 1. The second-order valence-electron chi connectivity index (χ2n) is 9.41. The molecule has 6 nitrogen and oxygen atoms in total. The summed E-state index contributed by atoms with van der Waals surface area (Å²) in [5.41, 5.74) is 1.45. The molecule has 156 valence electrons. The van der Waals surface area contributed by atoms with Crippen LogP contribution >= 0.6 is 0 Å². The summed E-state index contributed by atoms with van der Waals surface area (Å²) in [6, 6.07) is 5.93. The van der Waals surface area contributed by atoms with E-state index in [4.69, 9.17) is 4.74 Å². The van der Waals surface area contributed by atoms with Gasteiger partial charge in [-0.1, -0.05) is 19.9 Å². The number of hydrogen-bond acceptors (Lipinski definition) is 4. The van der Waals surface area contributed by atoms with E-state index in [1.54, 1.807) is 0 Å². The molecular weight excluding hydrogens is 364 g/mol. The Bertz CT molecular complexity index is 874. The molecule has 2 aromatic rings. The van der Waals surface area contributed by atoms with E-state index in [0.29, 0.717) is 11.6 Å². The highest BCUT2D eigenvalue weighted by Crippen LogP contribution is 2.51. The fraction of sp³-hybridized carbons (Fsp3) is 0.652. The topological polar surface area (TPSA) is 58.9 Å². The molecule has 5 rings (SSSR count). The molecule has 1 N–H and O–H groups in total. The first kappa shape index (κ1) is 19.1. The largest absolute Gasteiger partial charge is 0.381 e. The lowest BCUT2D eigenvalue weighted by Gasteiger charge is -2.28. The summed E-state index contributed by atoms with van der Waals surface area (Å²) in [6.45, 7) is 10.5. The highest BCUT2D eigenvalue weighted by Gasteiger charge is 2.55. The molecule has 4 heterocycles. The number of likely N-dealkylation sites (tertiary alicyclic amines) is 1. The highest BCUT2D eigenvalue weighted by atomic mass is 16.5. The van der Waals surface area contributed by atoms with E-state index in [-0.39, 0.29) is 11.8 Å². The van der Waals surface area contributed by atoms with Gasteiger partial charge in [-0.3, -0.25) is 4.79 Å². The molecule has 1 amide bonds. The van der Waals surface area contributed by atoms with Crippen LogP contribution in [0, 0.1) is 23.7 Å². The van der Waals surface area contributed by atoms with E-state index in [9.17, 15) is 4.79 Å². The number of carbonyl (C=O) groups excluding carboxylic acids is 1. The Morgan fingerprint density at radius 1 is 1.24 bits per heavy atom. The smallest absolute Gasteiger partial charge is 0.272 e. The Morgan fingerprint density at radius 2 is 2.00 bits per heavy atom. The van der Waals surface area contributed by atoms with Gasteiger partial charge in [0.1, 0.15) is 5.82 Å². The molecule has 2 aliphatic heterocycles. The minimum absolute atomic E-state index is 0.0374. The molecule has 3 fully saturated rings. The summed E-state index contributed by atoms with van der Waals surface area (Å²) in [4.78, 5) is 20.2. The molecule has 0 radical (unpaired) electrons. The van der Waals surface area contributed by atoms with E-state index >= 15 is 0 Å². The summed E-state index contributed by atoms with van der Waals surface area (Å²) in [5.74, 6) is 4.16. The van der Waals surface area contributed by atoms with E-state index < -0.39 is 0 Å². The number of nitrogens with one attached hydrogen (secondary N) is 1. The van der Waals surface area contributed by atoms with Crippen molar-refractivity contribution < 1.29 is 9.53 Å². The Labute approximate surface area is 172 Å². The fourth-order valence-corrected chi connectivity index (χ4v) is 5.41. The molecular formula is C23H32N4O2. The van der Waals surface area contributed by atoms with Crippen LogP contribution in [0.15, 0.2) is 24.4 Å². The number of ether oxygens (including phenoxy) is 1. The molecule has 3 aliphatic rings. The molecule has 2 aromatic heterocycles. The third kappa shape index (κ3) is 3.68. The van der Waals surface area contributed by atoms with Gasteiger partial charge >= 0.3 is 0 Å². The molecule has 1 saturated carbocycles. The number of amides is 1. The van der Waals surface area contributed by atoms with Crippen molar-refractivity contribution in [3.05, 3.63) is 35.9 Å². The van der Waals surface area contributed by atoms with Crippen molar-refractivity contribution in [3.8, 4) is 0 Å². The van der Waals surface area contributed by atoms with E-state index in [2.05, 4.69) is 29.0 Å². The van der Waals surface area contributed by atoms with Crippen LogP contribution in [0.4, 0.5) is 0 Å². The number of imidazole rings is 1. The fourth-order valence-electron chi connectivity index (χ4n) is 5.41. The van der Waals surface area contributed by atoms with Crippen LogP contribution in [0.1, 0.15) is 48.9 Å². The molecule has 6 heteroatoms. The van der Waals surface area contributed by atoms with Gasteiger partial charge < -0.3 is 19.4 Å². The van der Waals surface area contributed by atoms with Crippen LogP contribution in [-0.2, 0) is 4.74 Å². The van der Waals surface area contributed by atoms with Crippen molar-refractivity contribution >= 4 is 11.4 Å². The number of carbonyl (C=O) groups is 1. The standard InChI is InChI=1S/C23H32N4O2/c1-15(2)22-25-21(20-5-3-4-8-27(20)22)23(28)24-11-17-18-13-26(14-19(17)18)12-16-6-9-29-10-7-16/h3-5,8,15-19H,6-7,9-14H2,1-2H3,(H,24,28)/t17?,18-,19+. The first-order valence-corrected chi connectivity index (χ1v) is 11.2. The third-order valence-corrected chi connectivity index (χ3v) is 7.11. The van der Waals surface area contributed by atoms with Gasteiger partial charge in [-0.05, 0) is 48.6 Å². The Morgan fingerprint density at radius 3 is 2.72 bits per heavy atom. The number of pyridine rings is 1. The lowest BCUT2D eigenvalue weighted by Crippen LogP contribution is -2.34. The zero-order chi connectivity index (χ0) is 20.0. The Balaban J connectivity index is 1.15. The number of fused-ring (bicyclic) bond motifs is 2. The molecule has 3 atom stereocenters. The number of rotatable bonds is 6. The number of aromatic nitrogens is 2. The van der Waals surface area contributed by atoms with Crippen LogP contribution in [-0.4, -0.2) is 59.6 Å². The molecule has 2 saturated heterocycles. The van der Waals surface area contributed by atoms with Gasteiger partial charge in [0.05, 0.1) is 5.52 Å². The van der Waals surface area contributed by atoms with Crippen molar-refractivity contribution in [2.75, 3.05) is 39.4 Å². The van der Waals surface area contributed by atoms with Gasteiger partial charge in [0.2, 0.25) is 0 Å². The van der Waals surface area contributed by atoms with Crippen LogP contribution in [0.5, 0.6) is 0 Å². The summed E-state index contributed by atoms with van der Waals surface area (Å²) in [5, 5.41) is 3.18. The summed E-state index contributed by atoms with van der Waals surface area (Å²) >= 11 is 0. The van der Waals surface area contributed by atoms with Gasteiger partial charge in [-0.15, -0.1) is 0 Å². The lowest BCUT2D eigenvalue weighted by atomic mass is 9.99. The van der Waals surface area contributed by atoms with Crippen LogP contribution in [0.25, 0.3) is 5.52 Å². The lowest BCUT2D eigenvalue weighted by molar-refractivity contribution is 0.0535. The third-order valence-electron chi connectivity index (χ3n) is 7.11. The van der Waals surface area contributed by atoms with Crippen molar-refractivity contribution in [1.29, 1.82) is 0 Å². The normalized spacial score (nSPS) is 27.5. The Hall–Kier alpha value is -1.92. The first-order valence-electron chi connectivity index (χ1n) is 11.2. The number of nitrogens with zero attached hydrogens (tertiary/aromatic N) is 3. The number of hydrogen-bond donors (Lipinski definition) is 1. The van der Waals surface area contributed by atoms with Crippen LogP contribution in [0.2, 0.25) is 0 Å². The van der Waals surface area contributed by atoms with Gasteiger partial charge in [-0.2, -0.15) is 0 Å². The summed E-state index contributed by atoms with van der Waals surface area (Å²) in [6.07, 6.45) is 4.41. The van der Waals surface area contributed by atoms with Crippen molar-refractivity contribution in [2.24, 2.45) is 23.7 Å². The molecule has 0 aromatic carbocycles. The maximum atomic E-state index is 12.9. The minimum Gasteiger partial charge on any atom is -0.381 e. The van der Waals surface area contributed by atoms with Crippen LogP contribution in [0.3, 0.4) is 0 Å². The molecule has 1 unspecified atom stereocenters. The van der Waals surface area contributed by atoms with E-state index in [1.165, 1.54) is 32.5 Å². The maximum Gasteiger partial charge on any atom is 0.272 e. The monoisotopic (exact) mass is 396 g/mol. The maximum absolute atomic E-state index is 12.9. The molecule has 0 bridgehead atoms. The van der Waals surface area contributed by atoms with Crippen molar-refractivity contribution in [3.63, 3.8) is 0 Å². The average molecular weight is 397 g/mol. The van der Waals surface area contributed by atoms with Gasteiger partial charge in [0.15, 0.2) is 5.69 Å². The molecule has 0 spiro atoms. The highest BCUT2D eigenvalue weighted by molar-refractivity contribution is 5.99. The van der Waals surface area contributed by atoms with E-state index in [0.717, 1.165) is 48.9 Å². The quantitative estimate of drug-likeness (QED) is 0.816. The van der Waals surface area contributed by atoms with Gasteiger partial charge in [0.25, 0.3) is 5.91 Å². The van der Waals surface area contributed by atoms with Crippen molar-refractivity contribution in [2.45, 2.75) is 32.6 Å². The second-order valence-corrected chi connectivity index (χ2v) is 9.41. The zero-order valence-corrected chi connectivity index (χ0v) is 17.5. The van der Waals surface area contributed by atoms with Crippen molar-refractivity contribution in [1.82, 2.24) is 19.6 Å². The zero-order valence-electron chi connectivity index (χ0n) is 17.5. The summed E-state index contributed by atoms with van der Waals surface area (Å²) in [7, 11) is 0. The van der Waals surface area contributed by atoms with Gasteiger partial charge in [0, 0.05) is 51.5 Å². The summed E-state index contributed by atoms with van der Waals surface area (Å²) < 4.78 is 7.52. The van der Waals surface area contributed by atoms with Crippen LogP contribution < -0.4 is 5.32 Å². The van der Waals surface area contributed by atoms with Gasteiger partial charge in [-0.25, -0.2) is 4.98 Å². The predicted octanol–water partition coefficient (Wildman–Crippen LogP) is 2.79. The molecule has 1 aliphatic carbocycles. The SMILES string of the molecule is CC(C)c1nc(C(=O)NCC2[C@H]3CN(CC4CCOCC4)C[C@@H]23)c2ccccn12. The molecule has 29 heavy (non-hydrogen) atoms. The second kappa shape index (κ2) is 7.73.